The molecule has 1 atom stereocenters. The van der Waals surface area contributed by atoms with E-state index in [0.717, 1.165) is 40.0 Å². The number of sulfonamides is 1. The standard InChI is InChI=1S/C24H25BrN6O2S/c1-17-6-2-3-9-22(17)34(32,33)30-11-5-8-19(16-30)21-12-23(27-14-18-7-4-10-26-13-18)31-24(29-21)20(25)15-28-31/h2-4,6-7,9-10,12-13,15,19,27H,5,8,11,14,16H2,1H3. The first-order valence-electron chi connectivity index (χ1n) is 11.2. The summed E-state index contributed by atoms with van der Waals surface area (Å²) in [7, 11) is -3.57. The van der Waals surface area contributed by atoms with Gasteiger partial charge in [-0.1, -0.05) is 24.3 Å². The third kappa shape index (κ3) is 4.45. The highest BCUT2D eigenvalue weighted by molar-refractivity contribution is 9.10. The van der Waals surface area contributed by atoms with Crippen LogP contribution in [0.5, 0.6) is 0 Å². The lowest BCUT2D eigenvalue weighted by Crippen LogP contribution is -2.39. The maximum Gasteiger partial charge on any atom is 0.243 e. The van der Waals surface area contributed by atoms with Gasteiger partial charge in [0.1, 0.15) is 5.82 Å². The number of halogens is 1. The van der Waals surface area contributed by atoms with Gasteiger partial charge in [-0.15, -0.1) is 0 Å². The van der Waals surface area contributed by atoms with E-state index in [2.05, 4.69) is 31.3 Å². The number of pyridine rings is 1. The topological polar surface area (TPSA) is 92.5 Å². The molecule has 0 saturated carbocycles. The lowest BCUT2D eigenvalue weighted by Gasteiger charge is -2.32. The summed E-state index contributed by atoms with van der Waals surface area (Å²) in [4.78, 5) is 9.40. The van der Waals surface area contributed by atoms with Gasteiger partial charge in [0.05, 0.1) is 21.3 Å². The van der Waals surface area contributed by atoms with Crippen LogP contribution in [0.3, 0.4) is 0 Å². The van der Waals surface area contributed by atoms with Gasteiger partial charge in [0.25, 0.3) is 0 Å². The molecule has 34 heavy (non-hydrogen) atoms. The van der Waals surface area contributed by atoms with Crippen LogP contribution in [0.2, 0.25) is 0 Å². The van der Waals surface area contributed by atoms with Gasteiger partial charge in [-0.3, -0.25) is 4.98 Å². The number of nitrogens with one attached hydrogen (secondary N) is 1. The molecule has 4 heterocycles. The zero-order valence-corrected chi connectivity index (χ0v) is 21.1. The van der Waals surface area contributed by atoms with Crippen molar-refractivity contribution in [2.75, 3.05) is 18.4 Å². The van der Waals surface area contributed by atoms with Crippen LogP contribution in [-0.2, 0) is 16.6 Å². The van der Waals surface area contributed by atoms with E-state index in [0.29, 0.717) is 30.2 Å². The minimum atomic E-state index is -3.57. The highest BCUT2D eigenvalue weighted by Crippen LogP contribution is 2.32. The van der Waals surface area contributed by atoms with Crippen molar-refractivity contribution >= 4 is 37.4 Å². The van der Waals surface area contributed by atoms with E-state index < -0.39 is 10.0 Å². The maximum atomic E-state index is 13.4. The minimum absolute atomic E-state index is 0.0155. The van der Waals surface area contributed by atoms with Crippen molar-refractivity contribution in [1.29, 1.82) is 0 Å². The smallest absolute Gasteiger partial charge is 0.243 e. The van der Waals surface area contributed by atoms with Crippen molar-refractivity contribution in [2.45, 2.75) is 37.1 Å². The van der Waals surface area contributed by atoms with Crippen molar-refractivity contribution in [1.82, 2.24) is 23.9 Å². The maximum absolute atomic E-state index is 13.4. The molecule has 1 aliphatic heterocycles. The summed E-state index contributed by atoms with van der Waals surface area (Å²) < 4.78 is 31.0. The first-order valence-corrected chi connectivity index (χ1v) is 13.4. The average molecular weight is 541 g/mol. The van der Waals surface area contributed by atoms with Crippen molar-refractivity contribution in [2.24, 2.45) is 0 Å². The van der Waals surface area contributed by atoms with Crippen LogP contribution in [0.25, 0.3) is 5.65 Å². The van der Waals surface area contributed by atoms with Gasteiger partial charge in [0.2, 0.25) is 10.0 Å². The number of aromatic nitrogens is 4. The number of rotatable bonds is 6. The highest BCUT2D eigenvalue weighted by atomic mass is 79.9. The fourth-order valence-corrected chi connectivity index (χ4v) is 6.47. The minimum Gasteiger partial charge on any atom is -0.366 e. The number of benzene rings is 1. The summed E-state index contributed by atoms with van der Waals surface area (Å²) in [6.07, 6.45) is 6.94. The Morgan fingerprint density at radius 1 is 1.18 bits per heavy atom. The lowest BCUT2D eigenvalue weighted by molar-refractivity contribution is 0.312. The predicted molar refractivity (Wildman–Crippen MR) is 134 cm³/mol. The van der Waals surface area contributed by atoms with Crippen molar-refractivity contribution in [3.63, 3.8) is 0 Å². The van der Waals surface area contributed by atoms with Gasteiger partial charge in [-0.25, -0.2) is 13.4 Å². The van der Waals surface area contributed by atoms with E-state index in [-0.39, 0.29) is 5.92 Å². The Balaban J connectivity index is 1.45. The normalized spacial score (nSPS) is 17.2. The molecule has 1 saturated heterocycles. The zero-order chi connectivity index (χ0) is 23.7. The van der Waals surface area contributed by atoms with E-state index >= 15 is 0 Å². The lowest BCUT2D eigenvalue weighted by atomic mass is 9.96. The van der Waals surface area contributed by atoms with Crippen LogP contribution in [0.15, 0.2) is 70.4 Å². The van der Waals surface area contributed by atoms with E-state index in [4.69, 9.17) is 4.98 Å². The molecule has 1 aliphatic rings. The molecule has 4 aromatic rings. The average Bonchev–Trinajstić information content (AvgIpc) is 3.24. The molecule has 0 radical (unpaired) electrons. The molecule has 10 heteroatoms. The number of aryl methyl sites for hydroxylation is 1. The molecule has 8 nitrogen and oxygen atoms in total. The van der Waals surface area contributed by atoms with Gasteiger partial charge >= 0.3 is 0 Å². The number of nitrogens with zero attached hydrogens (tertiary/aromatic N) is 5. The van der Waals surface area contributed by atoms with E-state index in [1.807, 2.05) is 43.5 Å². The number of piperidine rings is 1. The van der Waals surface area contributed by atoms with Crippen molar-refractivity contribution < 1.29 is 8.42 Å². The van der Waals surface area contributed by atoms with Gasteiger partial charge in [-0.05, 0) is 59.0 Å². The largest absolute Gasteiger partial charge is 0.366 e. The molecule has 0 spiro atoms. The molecule has 176 valence electrons. The summed E-state index contributed by atoms with van der Waals surface area (Å²) in [5, 5.41) is 7.88. The van der Waals surface area contributed by atoms with E-state index in [1.165, 1.54) is 0 Å². The van der Waals surface area contributed by atoms with E-state index in [1.54, 1.807) is 33.3 Å². The van der Waals surface area contributed by atoms with Crippen LogP contribution in [0, 0.1) is 6.92 Å². The first kappa shape index (κ1) is 22.9. The fourth-order valence-electron chi connectivity index (χ4n) is 4.37. The molecule has 3 aromatic heterocycles. The third-order valence-corrected chi connectivity index (χ3v) is 8.74. The summed E-state index contributed by atoms with van der Waals surface area (Å²) in [6.45, 7) is 3.33. The van der Waals surface area contributed by atoms with E-state index in [9.17, 15) is 8.42 Å². The molecule has 0 bridgehead atoms. The quantitative estimate of drug-likeness (QED) is 0.390. The van der Waals surface area contributed by atoms with Gasteiger partial charge < -0.3 is 5.32 Å². The van der Waals surface area contributed by atoms with Crippen LogP contribution in [-0.4, -0.2) is 45.4 Å². The first-order chi connectivity index (χ1) is 16.4. The summed E-state index contributed by atoms with van der Waals surface area (Å²) in [6, 6.07) is 13.0. The Bertz CT molecular complexity index is 1420. The molecular formula is C24H25BrN6O2S. The van der Waals surface area contributed by atoms with Crippen LogP contribution in [0.4, 0.5) is 5.82 Å². The summed E-state index contributed by atoms with van der Waals surface area (Å²) in [5.74, 6) is 0.784. The Hall–Kier alpha value is -2.82. The SMILES string of the molecule is Cc1ccccc1S(=O)(=O)N1CCCC(c2cc(NCc3cccnc3)n3ncc(Br)c3n2)C1. The Labute approximate surface area is 207 Å². The van der Waals surface area contributed by atoms with Gasteiger partial charge in [0, 0.05) is 44.0 Å². The molecule has 1 unspecified atom stereocenters. The van der Waals surface area contributed by atoms with Crippen LogP contribution >= 0.6 is 15.9 Å². The second kappa shape index (κ2) is 9.44. The molecular weight excluding hydrogens is 516 g/mol. The summed E-state index contributed by atoms with van der Waals surface area (Å²) >= 11 is 3.55. The van der Waals surface area contributed by atoms with Crippen LogP contribution < -0.4 is 5.32 Å². The molecule has 0 amide bonds. The molecule has 5 rings (SSSR count). The van der Waals surface area contributed by atoms with Gasteiger partial charge in [0.15, 0.2) is 5.65 Å². The number of hydrogen-bond acceptors (Lipinski definition) is 6. The molecule has 1 fully saturated rings. The van der Waals surface area contributed by atoms with Gasteiger partial charge in [-0.2, -0.15) is 13.9 Å². The van der Waals surface area contributed by atoms with Crippen LogP contribution in [0.1, 0.15) is 35.6 Å². The fraction of sp³-hybridized carbons (Fsp3) is 0.292. The Morgan fingerprint density at radius 3 is 2.82 bits per heavy atom. The number of anilines is 1. The second-order valence-electron chi connectivity index (χ2n) is 8.48. The molecule has 1 N–H and O–H groups in total. The van der Waals surface area contributed by atoms with Crippen molar-refractivity contribution in [3.8, 4) is 0 Å². The summed E-state index contributed by atoms with van der Waals surface area (Å²) in [5.41, 5.74) is 3.36. The number of hydrogen-bond donors (Lipinski definition) is 1. The predicted octanol–water partition coefficient (Wildman–Crippen LogP) is 4.38. The molecule has 1 aromatic carbocycles. The Morgan fingerprint density at radius 2 is 2.03 bits per heavy atom. The zero-order valence-electron chi connectivity index (χ0n) is 18.7. The van der Waals surface area contributed by atoms with Crippen molar-refractivity contribution in [3.05, 3.63) is 82.3 Å². The molecule has 0 aliphatic carbocycles. The number of fused-ring (bicyclic) bond motifs is 1. The third-order valence-electron chi connectivity index (χ3n) is 6.16. The second-order valence-corrected chi connectivity index (χ2v) is 11.2. The highest BCUT2D eigenvalue weighted by Gasteiger charge is 2.32. The Kier molecular flexibility index (Phi) is 6.37. The monoisotopic (exact) mass is 540 g/mol.